The summed E-state index contributed by atoms with van der Waals surface area (Å²) in [6, 6.07) is 14.8. The van der Waals surface area contributed by atoms with Crippen molar-refractivity contribution in [1.29, 1.82) is 0 Å². The van der Waals surface area contributed by atoms with Crippen LogP contribution in [0, 0.1) is 0 Å². The van der Waals surface area contributed by atoms with Gasteiger partial charge in [0.1, 0.15) is 5.75 Å². The minimum absolute atomic E-state index is 0.895. The van der Waals surface area contributed by atoms with Crippen LogP contribution >= 0.6 is 11.8 Å². The quantitative estimate of drug-likeness (QED) is 0.163. The SMILES string of the molecule is C=C/C=C\C(=C)/C=C/c1ccc(/C=C/c2cc(SCCCC)ccc2OC)cc1. The molecule has 2 heteroatoms. The van der Waals surface area contributed by atoms with Gasteiger partial charge in [0.15, 0.2) is 0 Å². The van der Waals surface area contributed by atoms with E-state index in [4.69, 9.17) is 4.74 Å². The van der Waals surface area contributed by atoms with Crippen molar-refractivity contribution in [2.24, 2.45) is 0 Å². The second kappa shape index (κ2) is 12.7. The Morgan fingerprint density at radius 2 is 1.72 bits per heavy atom. The third kappa shape index (κ3) is 8.05. The third-order valence-corrected chi connectivity index (χ3v) is 5.38. The summed E-state index contributed by atoms with van der Waals surface area (Å²) >= 11 is 1.90. The van der Waals surface area contributed by atoms with Crippen LogP contribution < -0.4 is 4.74 Å². The molecule has 1 nitrogen and oxygen atoms in total. The van der Waals surface area contributed by atoms with Crippen molar-refractivity contribution >= 4 is 30.0 Å². The van der Waals surface area contributed by atoms with Gasteiger partial charge >= 0.3 is 0 Å². The van der Waals surface area contributed by atoms with Gasteiger partial charge in [0.2, 0.25) is 0 Å². The molecule has 0 N–H and O–H groups in total. The minimum atomic E-state index is 0.895. The van der Waals surface area contributed by atoms with Crippen LogP contribution in [0.1, 0.15) is 36.5 Å². The molecule has 150 valence electrons. The van der Waals surface area contributed by atoms with Crippen LogP contribution in [0.3, 0.4) is 0 Å². The van der Waals surface area contributed by atoms with Gasteiger partial charge in [-0.05, 0) is 47.1 Å². The Kier molecular flexibility index (Phi) is 9.88. The molecule has 0 aliphatic heterocycles. The van der Waals surface area contributed by atoms with E-state index in [1.54, 1.807) is 13.2 Å². The Bertz CT molecular complexity index is 885. The maximum Gasteiger partial charge on any atom is 0.126 e. The highest BCUT2D eigenvalue weighted by molar-refractivity contribution is 7.99. The topological polar surface area (TPSA) is 9.23 Å². The molecule has 0 saturated carbocycles. The summed E-state index contributed by atoms with van der Waals surface area (Å²) < 4.78 is 5.53. The fourth-order valence-electron chi connectivity index (χ4n) is 2.62. The molecule has 29 heavy (non-hydrogen) atoms. The number of unbranched alkanes of at least 4 members (excludes halogenated alkanes) is 1. The summed E-state index contributed by atoms with van der Waals surface area (Å²) in [7, 11) is 1.72. The van der Waals surface area contributed by atoms with Gasteiger partial charge in [-0.25, -0.2) is 0 Å². The van der Waals surface area contributed by atoms with Crippen molar-refractivity contribution in [3.63, 3.8) is 0 Å². The van der Waals surface area contributed by atoms with Gasteiger partial charge in [-0.3, -0.25) is 0 Å². The van der Waals surface area contributed by atoms with E-state index in [-0.39, 0.29) is 0 Å². The van der Waals surface area contributed by atoms with E-state index in [0.717, 1.165) is 33.8 Å². The van der Waals surface area contributed by atoms with Gasteiger partial charge in [0, 0.05) is 10.5 Å². The van der Waals surface area contributed by atoms with Crippen molar-refractivity contribution < 1.29 is 4.74 Å². The molecule has 2 aromatic carbocycles. The standard InChI is InChI=1S/C27H30OS/c1-5-7-9-22(3)10-11-23-12-14-24(15-13-23)16-17-25-21-26(29-20-8-6-2)18-19-27(25)28-4/h5,7,9-19,21H,1,3,6,8,20H2,2,4H3/b9-7-,11-10+,17-16+. The second-order valence-corrected chi connectivity index (χ2v) is 7.78. The van der Waals surface area contributed by atoms with Crippen LogP contribution in [0.2, 0.25) is 0 Å². The molecule has 0 aromatic heterocycles. The van der Waals surface area contributed by atoms with Gasteiger partial charge in [-0.15, -0.1) is 11.8 Å². The summed E-state index contributed by atoms with van der Waals surface area (Å²) in [6.07, 6.45) is 16.3. The fourth-order valence-corrected chi connectivity index (χ4v) is 3.66. The third-order valence-electron chi connectivity index (χ3n) is 4.30. The second-order valence-electron chi connectivity index (χ2n) is 6.61. The molecule has 0 saturated heterocycles. The Morgan fingerprint density at radius 1 is 1.00 bits per heavy atom. The van der Waals surface area contributed by atoms with Crippen LogP contribution in [0.5, 0.6) is 5.75 Å². The summed E-state index contributed by atoms with van der Waals surface area (Å²) in [5.74, 6) is 2.04. The highest BCUT2D eigenvalue weighted by Crippen LogP contribution is 2.28. The van der Waals surface area contributed by atoms with Crippen LogP contribution in [-0.2, 0) is 0 Å². The number of thioether (sulfide) groups is 1. The molecular weight excluding hydrogens is 372 g/mol. The first-order chi connectivity index (χ1) is 14.2. The molecule has 0 spiro atoms. The molecule has 0 aliphatic rings. The lowest BCUT2D eigenvalue weighted by molar-refractivity contribution is 0.413. The predicted octanol–water partition coefficient (Wildman–Crippen LogP) is 8.07. The zero-order valence-electron chi connectivity index (χ0n) is 17.4. The molecule has 0 fully saturated rings. The van der Waals surface area contributed by atoms with E-state index in [2.05, 4.69) is 80.8 Å². The van der Waals surface area contributed by atoms with Crippen molar-refractivity contribution in [2.45, 2.75) is 24.7 Å². The van der Waals surface area contributed by atoms with Crippen LogP contribution in [-0.4, -0.2) is 12.9 Å². The summed E-state index contributed by atoms with van der Waals surface area (Å²) in [6.45, 7) is 9.88. The molecule has 2 rings (SSSR count). The van der Waals surface area contributed by atoms with Gasteiger partial charge in [0.05, 0.1) is 7.11 Å². The number of hydrogen-bond donors (Lipinski definition) is 0. The first-order valence-electron chi connectivity index (χ1n) is 9.91. The Morgan fingerprint density at radius 3 is 2.38 bits per heavy atom. The highest BCUT2D eigenvalue weighted by atomic mass is 32.2. The normalized spacial score (nSPS) is 11.5. The Labute approximate surface area is 180 Å². The van der Waals surface area contributed by atoms with Crippen molar-refractivity contribution in [1.82, 2.24) is 0 Å². The number of rotatable bonds is 11. The highest BCUT2D eigenvalue weighted by Gasteiger charge is 2.02. The maximum atomic E-state index is 5.53. The smallest absolute Gasteiger partial charge is 0.126 e. The Hall–Kier alpha value is -2.71. The summed E-state index contributed by atoms with van der Waals surface area (Å²) in [5, 5.41) is 0. The zero-order chi connectivity index (χ0) is 20.9. The van der Waals surface area contributed by atoms with Crippen molar-refractivity contribution in [3.05, 3.63) is 102 Å². The molecule has 0 heterocycles. The lowest BCUT2D eigenvalue weighted by atomic mass is 10.1. The maximum absolute atomic E-state index is 5.53. The summed E-state index contributed by atoms with van der Waals surface area (Å²) in [4.78, 5) is 1.28. The molecule has 0 amide bonds. The van der Waals surface area contributed by atoms with Gasteiger partial charge in [-0.2, -0.15) is 0 Å². The van der Waals surface area contributed by atoms with E-state index in [9.17, 15) is 0 Å². The minimum Gasteiger partial charge on any atom is -0.496 e. The number of allylic oxidation sites excluding steroid dienone is 5. The molecule has 0 radical (unpaired) electrons. The van der Waals surface area contributed by atoms with Gasteiger partial charge in [-0.1, -0.05) is 93.3 Å². The van der Waals surface area contributed by atoms with Crippen molar-refractivity contribution in [3.8, 4) is 5.75 Å². The molecule has 0 unspecified atom stereocenters. The van der Waals surface area contributed by atoms with E-state index < -0.39 is 0 Å². The molecule has 0 atom stereocenters. The van der Waals surface area contributed by atoms with Gasteiger partial charge in [0.25, 0.3) is 0 Å². The van der Waals surface area contributed by atoms with Crippen LogP contribution in [0.4, 0.5) is 0 Å². The lowest BCUT2D eigenvalue weighted by Gasteiger charge is -2.08. The molecule has 0 aliphatic carbocycles. The largest absolute Gasteiger partial charge is 0.496 e. The molecule has 0 bridgehead atoms. The van der Waals surface area contributed by atoms with E-state index >= 15 is 0 Å². The fraction of sp³-hybridized carbons (Fsp3) is 0.185. The first-order valence-corrected chi connectivity index (χ1v) is 10.9. The number of ether oxygens (including phenoxy) is 1. The monoisotopic (exact) mass is 402 g/mol. The average Bonchev–Trinajstić information content (AvgIpc) is 2.75. The van der Waals surface area contributed by atoms with Gasteiger partial charge < -0.3 is 4.74 Å². The molecule has 2 aromatic rings. The average molecular weight is 403 g/mol. The van der Waals surface area contributed by atoms with E-state index in [1.165, 1.54) is 17.7 Å². The summed E-state index contributed by atoms with van der Waals surface area (Å²) in [5.41, 5.74) is 4.33. The van der Waals surface area contributed by atoms with Crippen LogP contribution in [0.15, 0.2) is 90.4 Å². The van der Waals surface area contributed by atoms with Crippen LogP contribution in [0.25, 0.3) is 18.2 Å². The number of hydrogen-bond acceptors (Lipinski definition) is 2. The first kappa shape index (κ1) is 22.6. The zero-order valence-corrected chi connectivity index (χ0v) is 18.3. The predicted molar refractivity (Wildman–Crippen MR) is 132 cm³/mol. The Balaban J connectivity index is 2.08. The van der Waals surface area contributed by atoms with E-state index in [0.29, 0.717) is 0 Å². The van der Waals surface area contributed by atoms with Crippen molar-refractivity contribution in [2.75, 3.05) is 12.9 Å². The lowest BCUT2D eigenvalue weighted by Crippen LogP contribution is -1.88. The van der Waals surface area contributed by atoms with E-state index in [1.807, 2.05) is 30.0 Å². The number of methoxy groups -OCH3 is 1. The number of benzene rings is 2. The molecular formula is C27H30OS.